The minimum atomic E-state index is 0.0176. The maximum atomic E-state index is 5.87. The van der Waals surface area contributed by atoms with Crippen LogP contribution in [0, 0.1) is 0 Å². The van der Waals surface area contributed by atoms with Gasteiger partial charge < -0.3 is 19.9 Å². The van der Waals surface area contributed by atoms with Gasteiger partial charge in [0.1, 0.15) is 0 Å². The fraction of sp³-hybridized carbons (Fsp3) is 1.00. The van der Waals surface area contributed by atoms with E-state index in [0.717, 1.165) is 45.9 Å². The van der Waals surface area contributed by atoms with Crippen molar-refractivity contribution in [2.75, 3.05) is 39.5 Å². The average Bonchev–Trinajstić information content (AvgIpc) is 2.40. The van der Waals surface area contributed by atoms with Gasteiger partial charge in [0.15, 0.2) is 6.29 Å². The summed E-state index contributed by atoms with van der Waals surface area (Å²) in [5, 5.41) is 0. The summed E-state index contributed by atoms with van der Waals surface area (Å²) in [5.41, 5.74) is 5.87. The molecule has 2 N–H and O–H groups in total. The van der Waals surface area contributed by atoms with Crippen molar-refractivity contribution in [2.45, 2.75) is 44.6 Å². The summed E-state index contributed by atoms with van der Waals surface area (Å²) < 4.78 is 16.9. The highest BCUT2D eigenvalue weighted by molar-refractivity contribution is 4.77. The van der Waals surface area contributed by atoms with Gasteiger partial charge in [0, 0.05) is 32.3 Å². The molecule has 5 heteroatoms. The molecular formula is C13H26N2O3. The third-order valence-corrected chi connectivity index (χ3v) is 3.61. The van der Waals surface area contributed by atoms with E-state index in [1.807, 2.05) is 6.92 Å². The lowest BCUT2D eigenvalue weighted by molar-refractivity contribution is -0.166. The van der Waals surface area contributed by atoms with Crippen LogP contribution in [0.5, 0.6) is 0 Å². The second-order valence-corrected chi connectivity index (χ2v) is 5.24. The summed E-state index contributed by atoms with van der Waals surface area (Å²) in [6, 6.07) is 0.0930. The number of ether oxygens (including phenoxy) is 3. The molecule has 0 radical (unpaired) electrons. The van der Waals surface area contributed by atoms with E-state index in [4.69, 9.17) is 19.9 Å². The number of nitrogens with zero attached hydrogens (tertiary/aromatic N) is 1. The van der Waals surface area contributed by atoms with Crippen molar-refractivity contribution >= 4 is 0 Å². The van der Waals surface area contributed by atoms with E-state index in [9.17, 15) is 0 Å². The van der Waals surface area contributed by atoms with Crippen LogP contribution in [-0.4, -0.2) is 62.8 Å². The second-order valence-electron chi connectivity index (χ2n) is 5.24. The minimum Gasteiger partial charge on any atom is -0.374 e. The standard InChI is InChI=1S/C13H26N2O3/c1-11(14)12-10-15(5-8-16-12)6-9-18-13-4-2-3-7-17-13/h11-13H,2-10,14H2,1H3. The van der Waals surface area contributed by atoms with Crippen LogP contribution >= 0.6 is 0 Å². The van der Waals surface area contributed by atoms with Gasteiger partial charge in [0.25, 0.3) is 0 Å². The first-order chi connectivity index (χ1) is 8.75. The van der Waals surface area contributed by atoms with Gasteiger partial charge in [-0.05, 0) is 26.2 Å². The average molecular weight is 258 g/mol. The van der Waals surface area contributed by atoms with E-state index in [2.05, 4.69) is 4.90 Å². The van der Waals surface area contributed by atoms with E-state index < -0.39 is 0 Å². The Morgan fingerprint density at radius 2 is 2.22 bits per heavy atom. The topological polar surface area (TPSA) is 57.0 Å². The first-order valence-corrected chi connectivity index (χ1v) is 7.08. The monoisotopic (exact) mass is 258 g/mol. The summed E-state index contributed by atoms with van der Waals surface area (Å²) in [6.45, 7) is 7.16. The smallest absolute Gasteiger partial charge is 0.157 e. The molecule has 0 amide bonds. The van der Waals surface area contributed by atoms with Gasteiger partial charge in [-0.25, -0.2) is 0 Å². The van der Waals surface area contributed by atoms with Crippen molar-refractivity contribution in [2.24, 2.45) is 5.73 Å². The largest absolute Gasteiger partial charge is 0.374 e. The molecule has 2 heterocycles. The molecule has 3 atom stereocenters. The van der Waals surface area contributed by atoms with Gasteiger partial charge in [-0.2, -0.15) is 0 Å². The van der Waals surface area contributed by atoms with Crippen molar-refractivity contribution in [3.05, 3.63) is 0 Å². The zero-order valence-corrected chi connectivity index (χ0v) is 11.3. The molecule has 0 aromatic rings. The summed E-state index contributed by atoms with van der Waals surface area (Å²) >= 11 is 0. The molecule has 2 saturated heterocycles. The molecule has 0 bridgehead atoms. The van der Waals surface area contributed by atoms with Crippen LogP contribution in [0.1, 0.15) is 26.2 Å². The molecule has 2 rings (SSSR count). The van der Waals surface area contributed by atoms with E-state index in [-0.39, 0.29) is 18.4 Å². The third kappa shape index (κ3) is 4.48. The lowest BCUT2D eigenvalue weighted by Crippen LogP contribution is -2.50. The number of hydrogen-bond donors (Lipinski definition) is 1. The Labute approximate surface area is 110 Å². The highest BCUT2D eigenvalue weighted by atomic mass is 16.7. The van der Waals surface area contributed by atoms with Crippen LogP contribution in [-0.2, 0) is 14.2 Å². The molecule has 106 valence electrons. The maximum absolute atomic E-state index is 5.87. The van der Waals surface area contributed by atoms with Gasteiger partial charge in [0.05, 0.1) is 19.3 Å². The van der Waals surface area contributed by atoms with Crippen molar-refractivity contribution in [3.63, 3.8) is 0 Å². The first kappa shape index (κ1) is 14.2. The predicted octanol–water partition coefficient (Wildman–Crippen LogP) is 0.578. The molecule has 0 aromatic heterocycles. The zero-order valence-electron chi connectivity index (χ0n) is 11.3. The van der Waals surface area contributed by atoms with Crippen LogP contribution in [0.15, 0.2) is 0 Å². The van der Waals surface area contributed by atoms with Crippen LogP contribution < -0.4 is 5.73 Å². The molecule has 0 saturated carbocycles. The van der Waals surface area contributed by atoms with E-state index in [0.29, 0.717) is 0 Å². The second kappa shape index (κ2) is 7.40. The number of hydrogen-bond acceptors (Lipinski definition) is 5. The molecular weight excluding hydrogens is 232 g/mol. The summed E-state index contributed by atoms with van der Waals surface area (Å²) in [5.74, 6) is 0. The van der Waals surface area contributed by atoms with Gasteiger partial charge in [0.2, 0.25) is 0 Å². The Bertz CT molecular complexity index is 232. The van der Waals surface area contributed by atoms with Crippen molar-refractivity contribution in [3.8, 4) is 0 Å². The molecule has 0 aromatic carbocycles. The Kier molecular flexibility index (Phi) is 5.85. The van der Waals surface area contributed by atoms with Gasteiger partial charge in [-0.1, -0.05) is 0 Å². The SMILES string of the molecule is CC(N)C1CN(CCOC2CCCCO2)CCO1. The number of morpholine rings is 1. The number of nitrogens with two attached hydrogens (primary N) is 1. The number of rotatable bonds is 5. The van der Waals surface area contributed by atoms with Gasteiger partial charge in [-0.15, -0.1) is 0 Å². The van der Waals surface area contributed by atoms with Crippen molar-refractivity contribution < 1.29 is 14.2 Å². The fourth-order valence-corrected chi connectivity index (χ4v) is 2.41. The minimum absolute atomic E-state index is 0.0176. The van der Waals surface area contributed by atoms with Crippen LogP contribution in [0.4, 0.5) is 0 Å². The highest BCUT2D eigenvalue weighted by Gasteiger charge is 2.23. The Balaban J connectivity index is 1.60. The lowest BCUT2D eigenvalue weighted by atomic mass is 10.1. The first-order valence-electron chi connectivity index (χ1n) is 7.08. The lowest BCUT2D eigenvalue weighted by Gasteiger charge is -2.35. The van der Waals surface area contributed by atoms with Crippen LogP contribution in [0.3, 0.4) is 0 Å². The molecule has 0 spiro atoms. The van der Waals surface area contributed by atoms with Gasteiger partial charge >= 0.3 is 0 Å². The van der Waals surface area contributed by atoms with Crippen LogP contribution in [0.25, 0.3) is 0 Å². The molecule has 3 unspecified atom stereocenters. The fourth-order valence-electron chi connectivity index (χ4n) is 2.41. The molecule has 2 aliphatic heterocycles. The summed E-state index contributed by atoms with van der Waals surface area (Å²) in [4.78, 5) is 2.36. The van der Waals surface area contributed by atoms with Crippen molar-refractivity contribution in [1.29, 1.82) is 0 Å². The molecule has 0 aliphatic carbocycles. The van der Waals surface area contributed by atoms with E-state index in [1.54, 1.807) is 0 Å². The van der Waals surface area contributed by atoms with Crippen LogP contribution in [0.2, 0.25) is 0 Å². The summed E-state index contributed by atoms with van der Waals surface area (Å²) in [6.07, 6.45) is 3.59. The molecule has 18 heavy (non-hydrogen) atoms. The Morgan fingerprint density at radius 1 is 1.33 bits per heavy atom. The third-order valence-electron chi connectivity index (χ3n) is 3.61. The van der Waals surface area contributed by atoms with E-state index >= 15 is 0 Å². The maximum Gasteiger partial charge on any atom is 0.157 e. The van der Waals surface area contributed by atoms with Gasteiger partial charge in [-0.3, -0.25) is 4.90 Å². The Morgan fingerprint density at radius 3 is 2.94 bits per heavy atom. The molecule has 5 nitrogen and oxygen atoms in total. The molecule has 2 aliphatic rings. The highest BCUT2D eigenvalue weighted by Crippen LogP contribution is 2.14. The predicted molar refractivity (Wildman–Crippen MR) is 69.4 cm³/mol. The molecule has 2 fully saturated rings. The quantitative estimate of drug-likeness (QED) is 0.781. The van der Waals surface area contributed by atoms with Crippen molar-refractivity contribution in [1.82, 2.24) is 4.90 Å². The normalized spacial score (nSPS) is 32.3. The Hall–Kier alpha value is -0.200. The van der Waals surface area contributed by atoms with E-state index in [1.165, 1.54) is 12.8 Å². The summed E-state index contributed by atoms with van der Waals surface area (Å²) in [7, 11) is 0. The zero-order chi connectivity index (χ0) is 12.8.